The van der Waals surface area contributed by atoms with E-state index in [1.54, 1.807) is 29.2 Å². The van der Waals surface area contributed by atoms with E-state index in [9.17, 15) is 14.9 Å². The first-order valence-corrected chi connectivity index (χ1v) is 10.7. The van der Waals surface area contributed by atoms with Gasteiger partial charge in [-0.05, 0) is 31.2 Å². The van der Waals surface area contributed by atoms with Crippen LogP contribution < -0.4 is 9.64 Å². The number of hydrogen-bond donors (Lipinski definition) is 0. The number of benzene rings is 1. The normalized spacial score (nSPS) is 13.6. The van der Waals surface area contributed by atoms with Crippen molar-refractivity contribution in [2.75, 3.05) is 38.2 Å². The summed E-state index contributed by atoms with van der Waals surface area (Å²) in [7, 11) is 1.52. The zero-order chi connectivity index (χ0) is 23.4. The molecule has 9 nitrogen and oxygen atoms in total. The predicted octanol–water partition coefficient (Wildman–Crippen LogP) is 3.44. The van der Waals surface area contributed by atoms with Crippen molar-refractivity contribution in [1.82, 2.24) is 9.88 Å². The maximum absolute atomic E-state index is 12.7. The molecule has 0 unspecified atom stereocenters. The fraction of sp³-hybridized carbons (Fsp3) is 0.333. The van der Waals surface area contributed by atoms with Crippen LogP contribution in [-0.2, 0) is 4.79 Å². The number of furan rings is 1. The summed E-state index contributed by atoms with van der Waals surface area (Å²) < 4.78 is 16.4. The van der Waals surface area contributed by atoms with Gasteiger partial charge in [0, 0.05) is 39.0 Å². The number of methoxy groups -OCH3 is 1. The molecule has 1 amide bonds. The van der Waals surface area contributed by atoms with Crippen molar-refractivity contribution in [2.24, 2.45) is 0 Å². The predicted molar refractivity (Wildman–Crippen MR) is 119 cm³/mol. The number of anilines is 1. The molecule has 0 bridgehead atoms. The third-order valence-corrected chi connectivity index (χ3v) is 5.59. The van der Waals surface area contributed by atoms with Gasteiger partial charge in [0.25, 0.3) is 5.89 Å². The molecular weight excluding hydrogens is 424 g/mol. The molecule has 1 aliphatic heterocycles. The Morgan fingerprint density at radius 3 is 2.64 bits per heavy atom. The van der Waals surface area contributed by atoms with E-state index < -0.39 is 0 Å². The first-order chi connectivity index (χ1) is 16.0. The van der Waals surface area contributed by atoms with Crippen LogP contribution in [0.5, 0.6) is 5.75 Å². The monoisotopic (exact) mass is 448 g/mol. The van der Waals surface area contributed by atoms with Crippen LogP contribution in [0.15, 0.2) is 45.4 Å². The topological polar surface area (TPSA) is 113 Å². The highest BCUT2D eigenvalue weighted by molar-refractivity contribution is 6.00. The van der Waals surface area contributed by atoms with Crippen molar-refractivity contribution in [1.29, 1.82) is 5.26 Å². The highest BCUT2D eigenvalue weighted by atomic mass is 16.5. The van der Waals surface area contributed by atoms with Crippen molar-refractivity contribution in [2.45, 2.75) is 19.8 Å². The third kappa shape index (κ3) is 4.75. The van der Waals surface area contributed by atoms with Crippen molar-refractivity contribution in [3.8, 4) is 23.5 Å². The molecule has 170 valence electrons. The van der Waals surface area contributed by atoms with E-state index in [0.717, 1.165) is 5.56 Å². The number of aryl methyl sites for hydroxylation is 1. The average molecular weight is 448 g/mol. The number of amides is 1. The molecule has 1 fully saturated rings. The summed E-state index contributed by atoms with van der Waals surface area (Å²) in [6, 6.07) is 10.9. The Kier molecular flexibility index (Phi) is 6.45. The van der Waals surface area contributed by atoms with Gasteiger partial charge in [-0.2, -0.15) is 10.2 Å². The van der Waals surface area contributed by atoms with E-state index in [4.69, 9.17) is 13.6 Å². The van der Waals surface area contributed by atoms with Crippen molar-refractivity contribution >= 4 is 17.6 Å². The number of rotatable bonds is 7. The Morgan fingerprint density at radius 2 is 1.97 bits per heavy atom. The lowest BCUT2D eigenvalue weighted by atomic mass is 10.0. The SMILES string of the molecule is COc1ccc(C)cc1C(=O)CCC(=O)N1CCN(c2oc(-c3ccco3)nc2C#N)CC1. The molecule has 0 saturated carbocycles. The number of ketones is 1. The molecule has 0 radical (unpaired) electrons. The summed E-state index contributed by atoms with van der Waals surface area (Å²) in [5.74, 6) is 1.38. The molecule has 33 heavy (non-hydrogen) atoms. The zero-order valence-electron chi connectivity index (χ0n) is 18.5. The van der Waals surface area contributed by atoms with Crippen LogP contribution in [0.4, 0.5) is 5.88 Å². The van der Waals surface area contributed by atoms with Crippen LogP contribution in [0, 0.1) is 18.3 Å². The number of nitrogens with zero attached hydrogens (tertiary/aromatic N) is 4. The molecule has 3 heterocycles. The Bertz CT molecular complexity index is 1180. The fourth-order valence-electron chi connectivity index (χ4n) is 3.82. The number of piperazine rings is 1. The molecule has 1 aliphatic rings. The van der Waals surface area contributed by atoms with Gasteiger partial charge in [0.15, 0.2) is 11.5 Å². The first-order valence-electron chi connectivity index (χ1n) is 10.7. The van der Waals surface area contributed by atoms with Gasteiger partial charge < -0.3 is 23.4 Å². The first kappa shape index (κ1) is 22.1. The second-order valence-electron chi connectivity index (χ2n) is 7.76. The van der Waals surface area contributed by atoms with E-state index in [0.29, 0.717) is 49.1 Å². The van der Waals surface area contributed by atoms with Crippen LogP contribution in [0.25, 0.3) is 11.7 Å². The second kappa shape index (κ2) is 9.61. The van der Waals surface area contributed by atoms with Crippen molar-refractivity contribution in [3.63, 3.8) is 0 Å². The highest BCUT2D eigenvalue weighted by Crippen LogP contribution is 2.29. The molecule has 2 aromatic heterocycles. The van der Waals surface area contributed by atoms with Crippen molar-refractivity contribution in [3.05, 3.63) is 53.4 Å². The smallest absolute Gasteiger partial charge is 0.266 e. The second-order valence-corrected chi connectivity index (χ2v) is 7.76. The van der Waals surface area contributed by atoms with Gasteiger partial charge in [-0.15, -0.1) is 0 Å². The van der Waals surface area contributed by atoms with Crippen LogP contribution in [-0.4, -0.2) is 54.9 Å². The number of nitriles is 1. The van der Waals surface area contributed by atoms with E-state index in [1.165, 1.54) is 13.4 Å². The van der Waals surface area contributed by atoms with E-state index in [1.807, 2.05) is 17.9 Å². The number of carbonyl (C=O) groups is 2. The van der Waals surface area contributed by atoms with Gasteiger partial charge in [0.1, 0.15) is 11.8 Å². The molecule has 1 saturated heterocycles. The fourth-order valence-corrected chi connectivity index (χ4v) is 3.82. The maximum atomic E-state index is 12.7. The van der Waals surface area contributed by atoms with Gasteiger partial charge in [-0.25, -0.2) is 0 Å². The minimum atomic E-state index is -0.117. The third-order valence-electron chi connectivity index (χ3n) is 5.59. The van der Waals surface area contributed by atoms with E-state index >= 15 is 0 Å². The van der Waals surface area contributed by atoms with Crippen LogP contribution >= 0.6 is 0 Å². The summed E-state index contributed by atoms with van der Waals surface area (Å²) in [6.07, 6.45) is 1.76. The highest BCUT2D eigenvalue weighted by Gasteiger charge is 2.27. The number of Topliss-reactive ketones (excluding diaryl/α,β-unsaturated/α-hetero) is 1. The van der Waals surface area contributed by atoms with E-state index in [2.05, 4.69) is 11.1 Å². The average Bonchev–Trinajstić information content (AvgIpc) is 3.52. The molecule has 1 aromatic carbocycles. The zero-order valence-corrected chi connectivity index (χ0v) is 18.5. The standard InChI is InChI=1S/C24H24N4O5/c1-16-5-7-20(31-2)17(14-16)19(29)6-8-22(30)27-9-11-28(12-10-27)24-18(15-25)26-23(33-24)21-4-3-13-32-21/h3-5,7,13-14H,6,8-12H2,1-2H3. The molecule has 0 aliphatic carbocycles. The molecule has 0 spiro atoms. The Hall–Kier alpha value is -4.06. The summed E-state index contributed by atoms with van der Waals surface area (Å²) in [4.78, 5) is 33.2. The lowest BCUT2D eigenvalue weighted by Crippen LogP contribution is -2.49. The van der Waals surface area contributed by atoms with Gasteiger partial charge in [-0.1, -0.05) is 11.6 Å². The minimum absolute atomic E-state index is 0.0797. The van der Waals surface area contributed by atoms with Crippen LogP contribution in [0.2, 0.25) is 0 Å². The summed E-state index contributed by atoms with van der Waals surface area (Å²) >= 11 is 0. The molecule has 0 N–H and O–H groups in total. The van der Waals surface area contributed by atoms with Crippen molar-refractivity contribution < 1.29 is 23.2 Å². The van der Waals surface area contributed by atoms with Gasteiger partial charge in [0.2, 0.25) is 17.5 Å². The molecular formula is C24H24N4O5. The summed E-state index contributed by atoms with van der Waals surface area (Å²) in [5.41, 5.74) is 1.64. The largest absolute Gasteiger partial charge is 0.496 e. The minimum Gasteiger partial charge on any atom is -0.496 e. The summed E-state index contributed by atoms with van der Waals surface area (Å²) in [5, 5.41) is 9.44. The lowest BCUT2D eigenvalue weighted by Gasteiger charge is -2.34. The summed E-state index contributed by atoms with van der Waals surface area (Å²) in [6.45, 7) is 3.81. The number of ether oxygens (including phenoxy) is 1. The Labute approximate surface area is 191 Å². The molecule has 9 heteroatoms. The molecule has 3 aromatic rings. The quantitative estimate of drug-likeness (QED) is 0.505. The number of hydrogen-bond acceptors (Lipinski definition) is 8. The van der Waals surface area contributed by atoms with Gasteiger partial charge in [-0.3, -0.25) is 9.59 Å². The number of carbonyl (C=O) groups excluding carboxylic acids is 2. The van der Waals surface area contributed by atoms with Gasteiger partial charge in [0.05, 0.1) is 18.9 Å². The van der Waals surface area contributed by atoms with Gasteiger partial charge >= 0.3 is 0 Å². The maximum Gasteiger partial charge on any atom is 0.266 e. The Morgan fingerprint density at radius 1 is 1.18 bits per heavy atom. The number of oxazole rings is 1. The number of aromatic nitrogens is 1. The molecule has 4 rings (SSSR count). The molecule has 0 atom stereocenters. The Balaban J connectivity index is 1.34. The van der Waals surface area contributed by atoms with E-state index in [-0.39, 0.29) is 36.1 Å². The van der Waals surface area contributed by atoms with Crippen LogP contribution in [0.3, 0.4) is 0 Å². The van der Waals surface area contributed by atoms with Crippen LogP contribution in [0.1, 0.15) is 34.5 Å². The lowest BCUT2D eigenvalue weighted by molar-refractivity contribution is -0.131.